The van der Waals surface area contributed by atoms with Crippen LogP contribution in [0.4, 0.5) is 5.82 Å². The molecule has 2 rings (SSSR count). The zero-order chi connectivity index (χ0) is 10.2. The molecule has 2 N–H and O–H groups in total. The molecule has 1 aromatic heterocycles. The highest BCUT2D eigenvalue weighted by molar-refractivity contribution is 5.31. The zero-order valence-electron chi connectivity index (χ0n) is 8.83. The highest BCUT2D eigenvalue weighted by Gasteiger charge is 2.33. The minimum absolute atomic E-state index is 0.499. The summed E-state index contributed by atoms with van der Waals surface area (Å²) in [4.78, 5) is 6.40. The number of nitrogens with two attached hydrogens (primary N) is 1. The van der Waals surface area contributed by atoms with Crippen molar-refractivity contribution >= 4 is 5.82 Å². The molecule has 76 valence electrons. The van der Waals surface area contributed by atoms with E-state index in [9.17, 15) is 0 Å². The second kappa shape index (κ2) is 3.24. The van der Waals surface area contributed by atoms with Crippen molar-refractivity contribution in [3.63, 3.8) is 0 Å². The zero-order valence-corrected chi connectivity index (χ0v) is 8.83. The van der Waals surface area contributed by atoms with Gasteiger partial charge in [0.25, 0.3) is 0 Å². The molecule has 2 heterocycles. The third-order valence-electron chi connectivity index (χ3n) is 2.55. The maximum absolute atomic E-state index is 5.62. The van der Waals surface area contributed by atoms with Crippen LogP contribution < -0.4 is 5.73 Å². The van der Waals surface area contributed by atoms with E-state index in [-0.39, 0.29) is 0 Å². The van der Waals surface area contributed by atoms with E-state index < -0.39 is 0 Å². The average molecular weight is 191 g/mol. The van der Waals surface area contributed by atoms with E-state index in [1.807, 2.05) is 12.1 Å². The third kappa shape index (κ3) is 2.04. The number of hydrogen-bond acceptors (Lipinski definition) is 3. The number of pyridine rings is 1. The molecule has 3 heteroatoms. The monoisotopic (exact) mass is 191 g/mol. The fourth-order valence-corrected chi connectivity index (χ4v) is 2.13. The number of likely N-dealkylation sites (tertiary alicyclic amines) is 1. The number of nitrogen functional groups attached to an aromatic ring is 1. The molecular weight excluding hydrogens is 174 g/mol. The first-order valence-corrected chi connectivity index (χ1v) is 4.98. The lowest BCUT2D eigenvalue weighted by Crippen LogP contribution is -2.52. The summed E-state index contributed by atoms with van der Waals surface area (Å²) in [6.07, 6.45) is 1.77. The molecule has 1 saturated heterocycles. The van der Waals surface area contributed by atoms with Gasteiger partial charge in [-0.05, 0) is 23.1 Å². The standard InChI is InChI=1S/C11H17N3/c1-11(2)7-14(8-11)6-9-3-4-13-10(12)5-9/h3-5H,6-8H2,1-2H3,(H2,12,13). The van der Waals surface area contributed by atoms with Gasteiger partial charge in [0.1, 0.15) is 5.82 Å². The average Bonchev–Trinajstić information content (AvgIpc) is 2.00. The predicted octanol–water partition coefficient (Wildman–Crippen LogP) is 1.51. The van der Waals surface area contributed by atoms with Gasteiger partial charge >= 0.3 is 0 Å². The van der Waals surface area contributed by atoms with Gasteiger partial charge in [0, 0.05) is 25.8 Å². The van der Waals surface area contributed by atoms with Gasteiger partial charge < -0.3 is 5.73 Å². The van der Waals surface area contributed by atoms with Crippen molar-refractivity contribution in [3.8, 4) is 0 Å². The van der Waals surface area contributed by atoms with E-state index in [2.05, 4.69) is 23.7 Å². The van der Waals surface area contributed by atoms with Crippen LogP contribution in [0.1, 0.15) is 19.4 Å². The van der Waals surface area contributed by atoms with Crippen molar-refractivity contribution < 1.29 is 0 Å². The SMILES string of the molecule is CC1(C)CN(Cc2ccnc(N)c2)C1. The van der Waals surface area contributed by atoms with Crippen molar-refractivity contribution in [1.82, 2.24) is 9.88 Å². The number of anilines is 1. The summed E-state index contributed by atoms with van der Waals surface area (Å²) in [5.74, 6) is 0.613. The molecule has 0 aromatic carbocycles. The van der Waals surface area contributed by atoms with Crippen LogP contribution in [-0.4, -0.2) is 23.0 Å². The lowest BCUT2D eigenvalue weighted by molar-refractivity contribution is 0.0242. The van der Waals surface area contributed by atoms with Crippen LogP contribution in [0.3, 0.4) is 0 Å². The lowest BCUT2D eigenvalue weighted by Gasteiger charge is -2.46. The highest BCUT2D eigenvalue weighted by Crippen LogP contribution is 2.29. The Kier molecular flexibility index (Phi) is 2.19. The van der Waals surface area contributed by atoms with Gasteiger partial charge in [-0.25, -0.2) is 4.98 Å². The van der Waals surface area contributed by atoms with Crippen molar-refractivity contribution in [2.45, 2.75) is 20.4 Å². The molecule has 1 aliphatic heterocycles. The Hall–Kier alpha value is -1.09. The highest BCUT2D eigenvalue weighted by atomic mass is 15.2. The van der Waals surface area contributed by atoms with E-state index in [0.29, 0.717) is 11.2 Å². The molecule has 0 unspecified atom stereocenters. The van der Waals surface area contributed by atoms with Crippen molar-refractivity contribution in [2.24, 2.45) is 5.41 Å². The minimum atomic E-state index is 0.499. The van der Waals surface area contributed by atoms with Crippen LogP contribution in [0.5, 0.6) is 0 Å². The summed E-state index contributed by atoms with van der Waals surface area (Å²) < 4.78 is 0. The van der Waals surface area contributed by atoms with Gasteiger partial charge in [-0.2, -0.15) is 0 Å². The van der Waals surface area contributed by atoms with Gasteiger partial charge in [0.2, 0.25) is 0 Å². The Morgan fingerprint density at radius 3 is 2.79 bits per heavy atom. The lowest BCUT2D eigenvalue weighted by atomic mass is 9.84. The molecule has 0 bridgehead atoms. The van der Waals surface area contributed by atoms with E-state index >= 15 is 0 Å². The Morgan fingerprint density at radius 2 is 2.21 bits per heavy atom. The largest absolute Gasteiger partial charge is 0.384 e. The fraction of sp³-hybridized carbons (Fsp3) is 0.545. The number of nitrogens with zero attached hydrogens (tertiary/aromatic N) is 2. The maximum Gasteiger partial charge on any atom is 0.123 e. The molecule has 1 aliphatic rings. The Labute approximate surface area is 84.9 Å². The van der Waals surface area contributed by atoms with Gasteiger partial charge in [-0.1, -0.05) is 13.8 Å². The normalized spacial score (nSPS) is 20.4. The van der Waals surface area contributed by atoms with Gasteiger partial charge in [0.15, 0.2) is 0 Å². The number of aromatic nitrogens is 1. The minimum Gasteiger partial charge on any atom is -0.384 e. The molecular formula is C11H17N3. The van der Waals surface area contributed by atoms with E-state index in [4.69, 9.17) is 5.73 Å². The second-order valence-corrected chi connectivity index (χ2v) is 4.90. The topological polar surface area (TPSA) is 42.2 Å². The summed E-state index contributed by atoms with van der Waals surface area (Å²) in [7, 11) is 0. The summed E-state index contributed by atoms with van der Waals surface area (Å²) >= 11 is 0. The summed E-state index contributed by atoms with van der Waals surface area (Å²) in [5, 5.41) is 0. The van der Waals surface area contributed by atoms with Crippen LogP contribution in [0.15, 0.2) is 18.3 Å². The third-order valence-corrected chi connectivity index (χ3v) is 2.55. The molecule has 0 saturated carbocycles. The fourth-order valence-electron chi connectivity index (χ4n) is 2.13. The van der Waals surface area contributed by atoms with Crippen molar-refractivity contribution in [3.05, 3.63) is 23.9 Å². The van der Waals surface area contributed by atoms with Crippen molar-refractivity contribution in [1.29, 1.82) is 0 Å². The molecule has 0 atom stereocenters. The molecule has 0 aliphatic carbocycles. The van der Waals surface area contributed by atoms with Crippen molar-refractivity contribution in [2.75, 3.05) is 18.8 Å². The number of hydrogen-bond donors (Lipinski definition) is 1. The Balaban J connectivity index is 1.93. The smallest absolute Gasteiger partial charge is 0.123 e. The first kappa shape index (κ1) is 9.46. The summed E-state index contributed by atoms with van der Waals surface area (Å²) in [6, 6.07) is 3.98. The first-order valence-electron chi connectivity index (χ1n) is 4.98. The van der Waals surface area contributed by atoms with Gasteiger partial charge in [-0.15, -0.1) is 0 Å². The summed E-state index contributed by atoms with van der Waals surface area (Å²) in [6.45, 7) is 7.94. The predicted molar refractivity (Wildman–Crippen MR) is 57.7 cm³/mol. The molecule has 0 spiro atoms. The molecule has 1 fully saturated rings. The second-order valence-electron chi connectivity index (χ2n) is 4.90. The Bertz CT molecular complexity index is 325. The molecule has 0 radical (unpaired) electrons. The maximum atomic E-state index is 5.62. The van der Waals surface area contributed by atoms with E-state index in [1.54, 1.807) is 6.20 Å². The van der Waals surface area contributed by atoms with Crippen LogP contribution >= 0.6 is 0 Å². The molecule has 14 heavy (non-hydrogen) atoms. The Morgan fingerprint density at radius 1 is 1.50 bits per heavy atom. The summed E-state index contributed by atoms with van der Waals surface area (Å²) in [5.41, 5.74) is 7.37. The van der Waals surface area contributed by atoms with Gasteiger partial charge in [-0.3, -0.25) is 4.90 Å². The quantitative estimate of drug-likeness (QED) is 0.770. The van der Waals surface area contributed by atoms with E-state index in [1.165, 1.54) is 18.7 Å². The van der Waals surface area contributed by atoms with Crippen LogP contribution in [-0.2, 0) is 6.54 Å². The van der Waals surface area contributed by atoms with E-state index in [0.717, 1.165) is 6.54 Å². The molecule has 1 aromatic rings. The van der Waals surface area contributed by atoms with Crippen LogP contribution in [0.25, 0.3) is 0 Å². The van der Waals surface area contributed by atoms with Crippen LogP contribution in [0, 0.1) is 5.41 Å². The van der Waals surface area contributed by atoms with Crippen LogP contribution in [0.2, 0.25) is 0 Å². The van der Waals surface area contributed by atoms with Gasteiger partial charge in [0.05, 0.1) is 0 Å². The number of rotatable bonds is 2. The first-order chi connectivity index (χ1) is 6.55. The molecule has 0 amide bonds. The molecule has 3 nitrogen and oxygen atoms in total.